The van der Waals surface area contributed by atoms with Crippen LogP contribution >= 0.6 is 22.9 Å². The van der Waals surface area contributed by atoms with Crippen molar-refractivity contribution in [1.82, 2.24) is 4.98 Å². The van der Waals surface area contributed by atoms with Gasteiger partial charge in [-0.15, -0.1) is 0 Å². The van der Waals surface area contributed by atoms with E-state index in [4.69, 9.17) is 11.6 Å². The highest BCUT2D eigenvalue weighted by atomic mass is 35.5. The topological polar surface area (TPSA) is 76.1 Å². The monoisotopic (exact) mass is 380 g/mol. The molecule has 0 atom stereocenters. The zero-order valence-corrected chi connectivity index (χ0v) is 15.0. The van der Waals surface area contributed by atoms with Crippen LogP contribution in [0.5, 0.6) is 0 Å². The molecule has 0 aliphatic rings. The molecule has 2 aromatic carbocycles. The second-order valence-corrected chi connectivity index (χ2v) is 8.76. The molecule has 1 aromatic heterocycles. The van der Waals surface area contributed by atoms with Gasteiger partial charge in [0.1, 0.15) is 0 Å². The minimum Gasteiger partial charge on any atom is -0.298 e. The van der Waals surface area contributed by atoms with Crippen LogP contribution < -0.4 is 5.32 Å². The molecule has 0 saturated heterocycles. The first-order chi connectivity index (χ1) is 11.4. The molecule has 0 aliphatic heterocycles. The number of halogens is 1. The summed E-state index contributed by atoms with van der Waals surface area (Å²) < 4.78 is 24.7. The van der Waals surface area contributed by atoms with E-state index in [1.807, 2.05) is 0 Å². The number of hydrogen-bond donors (Lipinski definition) is 1. The van der Waals surface area contributed by atoms with Crippen LogP contribution in [0.2, 0.25) is 5.02 Å². The maximum absolute atomic E-state index is 12.4. The van der Waals surface area contributed by atoms with Crippen molar-refractivity contribution < 1.29 is 13.2 Å². The molecule has 1 heterocycles. The molecule has 0 bridgehead atoms. The molecule has 0 radical (unpaired) electrons. The van der Waals surface area contributed by atoms with E-state index in [1.165, 1.54) is 23.5 Å². The zero-order valence-electron chi connectivity index (χ0n) is 12.6. The van der Waals surface area contributed by atoms with E-state index in [9.17, 15) is 13.2 Å². The predicted molar refractivity (Wildman–Crippen MR) is 96.8 cm³/mol. The Morgan fingerprint density at radius 1 is 1.25 bits per heavy atom. The maximum Gasteiger partial charge on any atom is 0.257 e. The number of hydrogen-bond acceptors (Lipinski definition) is 5. The van der Waals surface area contributed by atoms with Crippen molar-refractivity contribution in [2.45, 2.75) is 11.8 Å². The molecule has 5 nitrogen and oxygen atoms in total. The normalized spacial score (nSPS) is 11.6. The third-order valence-corrected chi connectivity index (χ3v) is 6.31. The predicted octanol–water partition coefficient (Wildman–Crippen LogP) is 4.00. The van der Waals surface area contributed by atoms with Gasteiger partial charge in [0.15, 0.2) is 15.0 Å². The number of carbonyl (C=O) groups excluding carboxylic acids is 1. The van der Waals surface area contributed by atoms with Gasteiger partial charge in [-0.05, 0) is 36.4 Å². The first-order valence-corrected chi connectivity index (χ1v) is 9.94. The van der Waals surface area contributed by atoms with Crippen LogP contribution in [0.25, 0.3) is 10.2 Å². The molecular weight excluding hydrogens is 368 g/mol. The standard InChI is InChI=1S/C16H13ClN2O3S2/c1-2-24(21,22)12-5-3-4-10(8-12)15(20)19-16-18-13-7-6-11(17)9-14(13)23-16/h3-9H,2H2,1H3,(H,18,19,20). The Morgan fingerprint density at radius 2 is 2.04 bits per heavy atom. The third kappa shape index (κ3) is 3.43. The summed E-state index contributed by atoms with van der Waals surface area (Å²) in [5.74, 6) is -0.426. The van der Waals surface area contributed by atoms with Gasteiger partial charge in [-0.2, -0.15) is 0 Å². The molecule has 0 unspecified atom stereocenters. The molecule has 3 aromatic rings. The highest BCUT2D eigenvalue weighted by molar-refractivity contribution is 7.91. The minimum absolute atomic E-state index is 0.0172. The Labute approximate surface area is 148 Å². The largest absolute Gasteiger partial charge is 0.298 e. The van der Waals surface area contributed by atoms with Crippen molar-refractivity contribution in [1.29, 1.82) is 0 Å². The molecule has 0 aliphatic carbocycles. The summed E-state index contributed by atoms with van der Waals surface area (Å²) in [6.07, 6.45) is 0. The summed E-state index contributed by atoms with van der Waals surface area (Å²) >= 11 is 7.24. The number of benzene rings is 2. The third-order valence-electron chi connectivity index (χ3n) is 3.41. The molecule has 3 rings (SSSR count). The van der Waals surface area contributed by atoms with Gasteiger partial charge in [-0.25, -0.2) is 13.4 Å². The quantitative estimate of drug-likeness (QED) is 0.742. The summed E-state index contributed by atoms with van der Waals surface area (Å²) in [5.41, 5.74) is 1.00. The lowest BCUT2D eigenvalue weighted by molar-refractivity contribution is 0.102. The van der Waals surface area contributed by atoms with E-state index in [0.29, 0.717) is 10.2 Å². The minimum atomic E-state index is -3.36. The van der Waals surface area contributed by atoms with Crippen molar-refractivity contribution in [2.24, 2.45) is 0 Å². The van der Waals surface area contributed by atoms with E-state index in [2.05, 4.69) is 10.3 Å². The van der Waals surface area contributed by atoms with Gasteiger partial charge in [-0.3, -0.25) is 10.1 Å². The van der Waals surface area contributed by atoms with Crippen LogP contribution in [0.3, 0.4) is 0 Å². The van der Waals surface area contributed by atoms with Crippen LogP contribution in [0.15, 0.2) is 47.4 Å². The van der Waals surface area contributed by atoms with E-state index in [0.717, 1.165) is 10.2 Å². The van der Waals surface area contributed by atoms with Crippen LogP contribution in [0.4, 0.5) is 5.13 Å². The number of nitrogens with one attached hydrogen (secondary N) is 1. The Morgan fingerprint density at radius 3 is 2.79 bits per heavy atom. The molecular formula is C16H13ClN2O3S2. The number of rotatable bonds is 4. The fourth-order valence-corrected chi connectivity index (χ4v) is 4.18. The fourth-order valence-electron chi connectivity index (χ4n) is 2.12. The molecule has 8 heteroatoms. The summed E-state index contributed by atoms with van der Waals surface area (Å²) in [6, 6.07) is 11.3. The summed E-state index contributed by atoms with van der Waals surface area (Å²) in [5, 5.41) is 3.72. The van der Waals surface area contributed by atoms with Gasteiger partial charge in [0.2, 0.25) is 0 Å². The number of thiazole rings is 1. The summed E-state index contributed by atoms with van der Waals surface area (Å²) in [4.78, 5) is 16.8. The molecule has 1 amide bonds. The van der Waals surface area contributed by atoms with Crippen molar-refractivity contribution in [3.63, 3.8) is 0 Å². The van der Waals surface area contributed by atoms with Crippen LogP contribution in [-0.4, -0.2) is 25.1 Å². The van der Waals surface area contributed by atoms with Gasteiger partial charge in [0.25, 0.3) is 5.91 Å². The molecule has 1 N–H and O–H groups in total. The van der Waals surface area contributed by atoms with Crippen molar-refractivity contribution >= 4 is 54.0 Å². The second-order valence-electron chi connectivity index (χ2n) is 5.02. The lowest BCUT2D eigenvalue weighted by atomic mass is 10.2. The van der Waals surface area contributed by atoms with Gasteiger partial charge < -0.3 is 0 Å². The van der Waals surface area contributed by atoms with Gasteiger partial charge in [-0.1, -0.05) is 35.9 Å². The lowest BCUT2D eigenvalue weighted by Gasteiger charge is -2.05. The molecule has 124 valence electrons. The summed E-state index contributed by atoms with van der Waals surface area (Å²) in [7, 11) is -3.36. The fraction of sp³-hybridized carbons (Fsp3) is 0.125. The zero-order chi connectivity index (χ0) is 17.3. The van der Waals surface area contributed by atoms with E-state index in [1.54, 1.807) is 37.3 Å². The lowest BCUT2D eigenvalue weighted by Crippen LogP contribution is -2.13. The van der Waals surface area contributed by atoms with Crippen LogP contribution in [0.1, 0.15) is 17.3 Å². The van der Waals surface area contributed by atoms with Crippen molar-refractivity contribution in [2.75, 3.05) is 11.1 Å². The first-order valence-electron chi connectivity index (χ1n) is 7.09. The number of nitrogens with zero attached hydrogens (tertiary/aromatic N) is 1. The van der Waals surface area contributed by atoms with Gasteiger partial charge in [0.05, 0.1) is 20.9 Å². The number of amides is 1. The SMILES string of the molecule is CCS(=O)(=O)c1cccc(C(=O)Nc2nc3ccc(Cl)cc3s2)c1. The highest BCUT2D eigenvalue weighted by Crippen LogP contribution is 2.28. The van der Waals surface area contributed by atoms with Gasteiger partial charge >= 0.3 is 0 Å². The molecule has 0 fully saturated rings. The smallest absolute Gasteiger partial charge is 0.257 e. The van der Waals surface area contributed by atoms with Crippen molar-refractivity contribution in [3.05, 3.63) is 53.1 Å². The van der Waals surface area contributed by atoms with Crippen LogP contribution in [-0.2, 0) is 9.84 Å². The number of aromatic nitrogens is 1. The molecule has 0 spiro atoms. The van der Waals surface area contributed by atoms with Crippen LogP contribution in [0, 0.1) is 0 Å². The summed E-state index contributed by atoms with van der Waals surface area (Å²) in [6.45, 7) is 1.56. The van der Waals surface area contributed by atoms with E-state index < -0.39 is 15.7 Å². The Hall–Kier alpha value is -1.96. The number of sulfone groups is 1. The molecule has 0 saturated carbocycles. The number of carbonyl (C=O) groups is 1. The highest BCUT2D eigenvalue weighted by Gasteiger charge is 2.15. The Balaban J connectivity index is 1.87. The number of anilines is 1. The molecule has 24 heavy (non-hydrogen) atoms. The van der Waals surface area contributed by atoms with E-state index >= 15 is 0 Å². The number of fused-ring (bicyclic) bond motifs is 1. The Kier molecular flexibility index (Phi) is 4.58. The maximum atomic E-state index is 12.4. The average molecular weight is 381 g/mol. The second kappa shape index (κ2) is 6.51. The van der Waals surface area contributed by atoms with E-state index in [-0.39, 0.29) is 16.2 Å². The Bertz CT molecular complexity index is 1030. The van der Waals surface area contributed by atoms with Gasteiger partial charge in [0, 0.05) is 10.6 Å². The average Bonchev–Trinajstić information content (AvgIpc) is 2.96. The first kappa shape index (κ1) is 16.9. The van der Waals surface area contributed by atoms with Crippen molar-refractivity contribution in [3.8, 4) is 0 Å².